The Hall–Kier alpha value is -1.84. The molecule has 0 unspecified atom stereocenters. The smallest absolute Gasteiger partial charge is 0.254 e. The van der Waals surface area contributed by atoms with E-state index in [-0.39, 0.29) is 18.2 Å². The molecule has 0 spiro atoms. The van der Waals surface area contributed by atoms with Crippen molar-refractivity contribution in [2.45, 2.75) is 25.7 Å². The highest BCUT2D eigenvalue weighted by Gasteiger charge is 2.23. The Morgan fingerprint density at radius 2 is 2.11 bits per heavy atom. The van der Waals surface area contributed by atoms with Crippen LogP contribution in [0.5, 0.6) is 5.75 Å². The Labute approximate surface area is 112 Å². The van der Waals surface area contributed by atoms with Gasteiger partial charge in [-0.3, -0.25) is 9.59 Å². The summed E-state index contributed by atoms with van der Waals surface area (Å²) in [5.74, 6) is 1.000. The largest absolute Gasteiger partial charge is 0.493 e. The Bertz CT molecular complexity index is 524. The van der Waals surface area contributed by atoms with Crippen molar-refractivity contribution >= 4 is 11.7 Å². The Kier molecular flexibility index (Phi) is 3.23. The number of nitrogens with zero attached hydrogens (tertiary/aromatic N) is 1. The summed E-state index contributed by atoms with van der Waals surface area (Å²) in [6.07, 6.45) is 3.32. The fraction of sp³-hybridized carbons (Fsp3) is 0.467. The second kappa shape index (κ2) is 5.03. The van der Waals surface area contributed by atoms with Gasteiger partial charge in [0.05, 0.1) is 13.2 Å². The van der Waals surface area contributed by atoms with Gasteiger partial charge in [0, 0.05) is 18.5 Å². The predicted octanol–water partition coefficient (Wildman–Crippen LogP) is 1.82. The lowest BCUT2D eigenvalue weighted by Gasteiger charge is -2.26. The van der Waals surface area contributed by atoms with Crippen molar-refractivity contribution in [1.82, 2.24) is 4.90 Å². The first-order chi connectivity index (χ1) is 9.24. The number of amides is 1. The van der Waals surface area contributed by atoms with Crippen molar-refractivity contribution in [1.29, 1.82) is 0 Å². The maximum absolute atomic E-state index is 12.4. The van der Waals surface area contributed by atoms with Gasteiger partial charge in [0.2, 0.25) is 0 Å². The van der Waals surface area contributed by atoms with Gasteiger partial charge in [-0.1, -0.05) is 0 Å². The van der Waals surface area contributed by atoms with Crippen LogP contribution < -0.4 is 4.74 Å². The molecule has 0 N–H and O–H groups in total. The summed E-state index contributed by atoms with van der Waals surface area (Å²) in [5.41, 5.74) is 1.76. The number of rotatable bonds is 1. The number of likely N-dealkylation sites (tertiary alicyclic amines) is 1. The van der Waals surface area contributed by atoms with Crippen LogP contribution in [-0.2, 0) is 11.2 Å². The zero-order chi connectivity index (χ0) is 13.2. The highest BCUT2D eigenvalue weighted by molar-refractivity contribution is 5.97. The van der Waals surface area contributed by atoms with Crippen LogP contribution in [0.25, 0.3) is 0 Å². The highest BCUT2D eigenvalue weighted by atomic mass is 16.5. The molecule has 1 aromatic rings. The molecule has 1 saturated heterocycles. The van der Waals surface area contributed by atoms with Crippen LogP contribution in [0, 0.1) is 0 Å². The minimum Gasteiger partial charge on any atom is -0.493 e. The topological polar surface area (TPSA) is 46.6 Å². The van der Waals surface area contributed by atoms with Crippen molar-refractivity contribution in [3.8, 4) is 5.75 Å². The lowest BCUT2D eigenvalue weighted by Crippen LogP contribution is -2.40. The number of Topliss-reactive ketones (excluding diaryl/α,β-unsaturated/α-hetero) is 1. The van der Waals surface area contributed by atoms with Gasteiger partial charge in [-0.15, -0.1) is 0 Å². The van der Waals surface area contributed by atoms with Crippen LogP contribution in [0.2, 0.25) is 0 Å². The molecule has 0 atom stereocenters. The fourth-order valence-corrected chi connectivity index (χ4v) is 2.69. The molecule has 1 amide bonds. The number of hydrogen-bond acceptors (Lipinski definition) is 3. The van der Waals surface area contributed by atoms with Crippen molar-refractivity contribution in [3.63, 3.8) is 0 Å². The molecule has 0 bridgehead atoms. The summed E-state index contributed by atoms with van der Waals surface area (Å²) in [7, 11) is 0. The van der Waals surface area contributed by atoms with Crippen LogP contribution in [0.15, 0.2) is 18.2 Å². The summed E-state index contributed by atoms with van der Waals surface area (Å²) < 4.78 is 5.54. The van der Waals surface area contributed by atoms with Gasteiger partial charge in [-0.25, -0.2) is 0 Å². The first kappa shape index (κ1) is 12.2. The van der Waals surface area contributed by atoms with Gasteiger partial charge in [0.15, 0.2) is 5.78 Å². The lowest BCUT2D eigenvalue weighted by atomic mass is 10.0. The van der Waals surface area contributed by atoms with Gasteiger partial charge in [0.25, 0.3) is 5.91 Å². The monoisotopic (exact) mass is 259 g/mol. The second-order valence-electron chi connectivity index (χ2n) is 5.14. The maximum Gasteiger partial charge on any atom is 0.254 e. The Morgan fingerprint density at radius 1 is 1.21 bits per heavy atom. The van der Waals surface area contributed by atoms with Crippen molar-refractivity contribution in [3.05, 3.63) is 29.3 Å². The number of benzene rings is 1. The van der Waals surface area contributed by atoms with Crippen LogP contribution in [0.3, 0.4) is 0 Å². The number of hydrogen-bond donors (Lipinski definition) is 0. The number of piperidine rings is 1. The van der Waals surface area contributed by atoms with Gasteiger partial charge >= 0.3 is 0 Å². The van der Waals surface area contributed by atoms with Crippen LogP contribution in [0.4, 0.5) is 0 Å². The lowest BCUT2D eigenvalue weighted by molar-refractivity contribution is -0.121. The minimum atomic E-state index is -0.0403. The Morgan fingerprint density at radius 3 is 2.95 bits per heavy atom. The van der Waals surface area contributed by atoms with Crippen molar-refractivity contribution in [2.75, 3.05) is 19.7 Å². The van der Waals surface area contributed by atoms with E-state index in [1.54, 1.807) is 11.0 Å². The molecule has 4 heteroatoms. The standard InChI is InChI=1S/C15H17NO3/c17-13-4-1-7-16(10-13)15(18)12-5-6-14-11(9-12)3-2-8-19-14/h5-6,9H,1-4,7-8,10H2. The summed E-state index contributed by atoms with van der Waals surface area (Å²) in [4.78, 5) is 25.4. The SMILES string of the molecule is O=C1CCCN(C(=O)c2ccc3c(c2)CCCO3)C1. The van der Waals surface area contributed by atoms with E-state index in [1.807, 2.05) is 12.1 Å². The zero-order valence-electron chi connectivity index (χ0n) is 10.9. The number of carbonyl (C=O) groups excluding carboxylic acids is 2. The molecule has 0 aliphatic carbocycles. The molecule has 1 aromatic carbocycles. The van der Waals surface area contributed by atoms with E-state index >= 15 is 0 Å². The third-order valence-corrected chi connectivity index (χ3v) is 3.69. The average Bonchev–Trinajstić information content (AvgIpc) is 2.46. The average molecular weight is 259 g/mol. The van der Waals surface area contributed by atoms with Crippen molar-refractivity contribution in [2.24, 2.45) is 0 Å². The zero-order valence-corrected chi connectivity index (χ0v) is 10.9. The van der Waals surface area contributed by atoms with E-state index < -0.39 is 0 Å². The molecule has 3 rings (SSSR count). The van der Waals surface area contributed by atoms with Crippen LogP contribution in [0.1, 0.15) is 35.2 Å². The molecule has 2 aliphatic rings. The number of ketones is 1. The molecule has 2 heterocycles. The van der Waals surface area contributed by atoms with Gasteiger partial charge in [-0.05, 0) is 43.0 Å². The molecule has 0 radical (unpaired) electrons. The van der Waals surface area contributed by atoms with E-state index in [0.717, 1.165) is 37.2 Å². The molecule has 2 aliphatic heterocycles. The van der Waals surface area contributed by atoms with Gasteiger partial charge in [-0.2, -0.15) is 0 Å². The maximum atomic E-state index is 12.4. The number of ether oxygens (including phenoxy) is 1. The third-order valence-electron chi connectivity index (χ3n) is 3.69. The molecule has 0 aromatic heterocycles. The summed E-state index contributed by atoms with van der Waals surface area (Å²) in [6, 6.07) is 5.58. The summed E-state index contributed by atoms with van der Waals surface area (Å²) in [6.45, 7) is 1.69. The molecule has 19 heavy (non-hydrogen) atoms. The molecule has 0 saturated carbocycles. The number of aryl methyl sites for hydroxylation is 1. The molecule has 100 valence electrons. The highest BCUT2D eigenvalue weighted by Crippen LogP contribution is 2.26. The number of fused-ring (bicyclic) bond motifs is 1. The molecular formula is C15H17NO3. The second-order valence-corrected chi connectivity index (χ2v) is 5.14. The fourth-order valence-electron chi connectivity index (χ4n) is 2.69. The van der Waals surface area contributed by atoms with E-state index in [0.29, 0.717) is 18.5 Å². The van der Waals surface area contributed by atoms with Gasteiger partial charge in [0.1, 0.15) is 5.75 Å². The van der Waals surface area contributed by atoms with Crippen LogP contribution >= 0.6 is 0 Å². The molecular weight excluding hydrogens is 242 g/mol. The number of carbonyl (C=O) groups is 2. The third kappa shape index (κ3) is 2.48. The quantitative estimate of drug-likeness (QED) is 0.773. The minimum absolute atomic E-state index is 0.0403. The predicted molar refractivity (Wildman–Crippen MR) is 70.4 cm³/mol. The van der Waals surface area contributed by atoms with E-state index in [4.69, 9.17) is 4.74 Å². The molecule has 4 nitrogen and oxygen atoms in total. The van der Waals surface area contributed by atoms with Crippen LogP contribution in [-0.4, -0.2) is 36.3 Å². The van der Waals surface area contributed by atoms with E-state index in [9.17, 15) is 9.59 Å². The van der Waals surface area contributed by atoms with E-state index in [1.165, 1.54) is 0 Å². The molecule has 1 fully saturated rings. The first-order valence-electron chi connectivity index (χ1n) is 6.81. The van der Waals surface area contributed by atoms with Gasteiger partial charge < -0.3 is 9.64 Å². The normalized spacial score (nSPS) is 18.7. The van der Waals surface area contributed by atoms with Crippen molar-refractivity contribution < 1.29 is 14.3 Å². The Balaban J connectivity index is 1.81. The summed E-state index contributed by atoms with van der Waals surface area (Å²) in [5, 5.41) is 0. The van der Waals surface area contributed by atoms with E-state index in [2.05, 4.69) is 0 Å². The summed E-state index contributed by atoms with van der Waals surface area (Å²) >= 11 is 0. The first-order valence-corrected chi connectivity index (χ1v) is 6.81.